The third-order valence-corrected chi connectivity index (χ3v) is 6.11. The lowest BCUT2D eigenvalue weighted by molar-refractivity contribution is -0.139. The SMILES string of the molecule is CC(C)CS(=O)(=O)c1ccc(NC(=O)C2(C)CC2)cc1C(F)(F)F. The van der Waals surface area contributed by atoms with E-state index in [-0.39, 0.29) is 23.3 Å². The predicted octanol–water partition coefficient (Wildman–Crippen LogP) is 3.87. The monoisotopic (exact) mass is 363 g/mol. The molecule has 4 nitrogen and oxygen atoms in total. The van der Waals surface area contributed by atoms with E-state index in [9.17, 15) is 26.4 Å². The first-order valence-electron chi connectivity index (χ1n) is 7.61. The van der Waals surface area contributed by atoms with Gasteiger partial charge in [0.25, 0.3) is 0 Å². The summed E-state index contributed by atoms with van der Waals surface area (Å²) in [6.07, 6.45) is -3.46. The smallest absolute Gasteiger partial charge is 0.326 e. The Hall–Kier alpha value is -1.57. The van der Waals surface area contributed by atoms with Gasteiger partial charge in [0.1, 0.15) is 0 Å². The summed E-state index contributed by atoms with van der Waals surface area (Å²) in [5, 5.41) is 2.44. The average Bonchev–Trinajstić information content (AvgIpc) is 3.15. The topological polar surface area (TPSA) is 63.2 Å². The molecule has 1 aliphatic carbocycles. The number of hydrogen-bond donors (Lipinski definition) is 1. The number of anilines is 1. The second-order valence-electron chi connectivity index (χ2n) is 6.90. The fraction of sp³-hybridized carbons (Fsp3) is 0.562. The maximum absolute atomic E-state index is 13.3. The molecule has 8 heteroatoms. The number of halogens is 3. The van der Waals surface area contributed by atoms with Crippen molar-refractivity contribution < 1.29 is 26.4 Å². The van der Waals surface area contributed by atoms with Crippen molar-refractivity contribution in [2.75, 3.05) is 11.1 Å². The minimum absolute atomic E-state index is 0.0519. The van der Waals surface area contributed by atoms with E-state index < -0.39 is 31.9 Å². The summed E-state index contributed by atoms with van der Waals surface area (Å²) < 4.78 is 64.4. The van der Waals surface area contributed by atoms with Crippen LogP contribution in [0, 0.1) is 11.3 Å². The van der Waals surface area contributed by atoms with Gasteiger partial charge >= 0.3 is 6.18 Å². The summed E-state index contributed by atoms with van der Waals surface area (Å²) in [6, 6.07) is 2.81. The number of benzene rings is 1. The van der Waals surface area contributed by atoms with Gasteiger partial charge in [-0.1, -0.05) is 20.8 Å². The van der Waals surface area contributed by atoms with Crippen molar-refractivity contribution in [1.29, 1.82) is 0 Å². The first-order chi connectivity index (χ1) is 10.8. The number of alkyl halides is 3. The lowest BCUT2D eigenvalue weighted by Crippen LogP contribution is -2.22. The zero-order valence-electron chi connectivity index (χ0n) is 13.7. The summed E-state index contributed by atoms with van der Waals surface area (Å²) in [7, 11) is -4.07. The second kappa shape index (κ2) is 6.06. The number of carbonyl (C=O) groups excluding carboxylic acids is 1. The Kier molecular flexibility index (Phi) is 4.74. The zero-order chi connectivity index (χ0) is 18.3. The number of amides is 1. The number of sulfone groups is 1. The highest BCUT2D eigenvalue weighted by Gasteiger charge is 2.45. The first-order valence-corrected chi connectivity index (χ1v) is 9.26. The van der Waals surface area contributed by atoms with E-state index in [0.717, 1.165) is 6.07 Å². The highest BCUT2D eigenvalue weighted by Crippen LogP contribution is 2.46. The van der Waals surface area contributed by atoms with Crippen molar-refractivity contribution >= 4 is 21.4 Å². The van der Waals surface area contributed by atoms with Crippen LogP contribution in [-0.2, 0) is 20.8 Å². The standard InChI is InChI=1S/C16H20F3NO3S/c1-10(2)9-24(22,23)13-5-4-11(8-12(13)16(17,18)19)20-14(21)15(3)6-7-15/h4-5,8,10H,6-7,9H2,1-3H3,(H,20,21). The number of hydrogen-bond acceptors (Lipinski definition) is 3. The molecule has 0 saturated heterocycles. The highest BCUT2D eigenvalue weighted by atomic mass is 32.2. The quantitative estimate of drug-likeness (QED) is 0.864. The molecule has 1 aromatic rings. The molecular formula is C16H20F3NO3S. The Morgan fingerprint density at radius 2 is 1.88 bits per heavy atom. The van der Waals surface area contributed by atoms with E-state index >= 15 is 0 Å². The zero-order valence-corrected chi connectivity index (χ0v) is 14.5. The van der Waals surface area contributed by atoms with Crippen molar-refractivity contribution in [1.82, 2.24) is 0 Å². The second-order valence-corrected chi connectivity index (χ2v) is 8.90. The van der Waals surface area contributed by atoms with Crippen LogP contribution in [0.2, 0.25) is 0 Å². The van der Waals surface area contributed by atoms with Crippen LogP contribution in [0.15, 0.2) is 23.1 Å². The molecule has 1 aromatic carbocycles. The third kappa shape index (κ3) is 4.09. The molecule has 1 fully saturated rings. The first kappa shape index (κ1) is 18.8. The van der Waals surface area contributed by atoms with Gasteiger partial charge in [0.2, 0.25) is 5.91 Å². The van der Waals surface area contributed by atoms with Gasteiger partial charge in [0.15, 0.2) is 9.84 Å². The highest BCUT2D eigenvalue weighted by molar-refractivity contribution is 7.91. The Labute approximate surface area is 139 Å². The summed E-state index contributed by atoms with van der Waals surface area (Å²) in [5.41, 5.74) is -1.84. The molecule has 1 aliphatic rings. The van der Waals surface area contributed by atoms with Crippen molar-refractivity contribution in [3.63, 3.8) is 0 Å². The molecule has 1 saturated carbocycles. The van der Waals surface area contributed by atoms with Gasteiger partial charge < -0.3 is 5.32 Å². The van der Waals surface area contributed by atoms with Gasteiger partial charge in [-0.25, -0.2) is 8.42 Å². The molecule has 0 unspecified atom stereocenters. The summed E-state index contributed by atoms with van der Waals surface area (Å²) in [4.78, 5) is 11.2. The molecule has 0 bridgehead atoms. The molecule has 0 radical (unpaired) electrons. The maximum atomic E-state index is 13.3. The normalized spacial score (nSPS) is 17.0. The van der Waals surface area contributed by atoms with Gasteiger partial charge in [0, 0.05) is 11.1 Å². The predicted molar refractivity (Wildman–Crippen MR) is 84.3 cm³/mol. The molecular weight excluding hydrogens is 343 g/mol. The van der Waals surface area contributed by atoms with Crippen molar-refractivity contribution in [3.8, 4) is 0 Å². The van der Waals surface area contributed by atoms with E-state index in [4.69, 9.17) is 0 Å². The van der Waals surface area contributed by atoms with Gasteiger partial charge in [-0.15, -0.1) is 0 Å². The van der Waals surface area contributed by atoms with E-state index in [1.165, 1.54) is 6.07 Å². The molecule has 1 amide bonds. The number of carbonyl (C=O) groups is 1. The molecule has 24 heavy (non-hydrogen) atoms. The van der Waals surface area contributed by atoms with E-state index in [0.29, 0.717) is 18.9 Å². The average molecular weight is 363 g/mol. The van der Waals surface area contributed by atoms with Crippen molar-refractivity contribution in [2.45, 2.75) is 44.7 Å². The van der Waals surface area contributed by atoms with Crippen LogP contribution in [-0.4, -0.2) is 20.1 Å². The molecule has 0 heterocycles. The molecule has 0 aromatic heterocycles. The van der Waals surface area contributed by atoms with Crippen LogP contribution >= 0.6 is 0 Å². The summed E-state index contributed by atoms with van der Waals surface area (Å²) >= 11 is 0. The molecule has 0 atom stereocenters. The third-order valence-electron chi connectivity index (χ3n) is 3.98. The van der Waals surface area contributed by atoms with E-state index in [1.54, 1.807) is 20.8 Å². The summed E-state index contributed by atoms with van der Waals surface area (Å²) in [5.74, 6) is -1.03. The van der Waals surface area contributed by atoms with Crippen LogP contribution < -0.4 is 5.32 Å². The number of rotatable bonds is 5. The Morgan fingerprint density at radius 1 is 1.29 bits per heavy atom. The van der Waals surface area contributed by atoms with E-state index in [1.807, 2.05) is 0 Å². The van der Waals surface area contributed by atoms with Crippen molar-refractivity contribution in [3.05, 3.63) is 23.8 Å². The van der Waals surface area contributed by atoms with Gasteiger partial charge in [0.05, 0.1) is 16.2 Å². The van der Waals surface area contributed by atoms with Gasteiger partial charge in [-0.3, -0.25) is 4.79 Å². The van der Waals surface area contributed by atoms with Crippen LogP contribution in [0.3, 0.4) is 0 Å². The fourth-order valence-corrected chi connectivity index (χ4v) is 4.17. The molecule has 0 spiro atoms. The molecule has 1 N–H and O–H groups in total. The lowest BCUT2D eigenvalue weighted by Gasteiger charge is -2.17. The molecule has 0 aliphatic heterocycles. The van der Waals surface area contributed by atoms with Crippen LogP contribution in [0.1, 0.15) is 39.2 Å². The minimum Gasteiger partial charge on any atom is -0.326 e. The molecule has 2 rings (SSSR count). The molecule has 134 valence electrons. The van der Waals surface area contributed by atoms with E-state index in [2.05, 4.69) is 5.32 Å². The Morgan fingerprint density at radius 3 is 2.33 bits per heavy atom. The van der Waals surface area contributed by atoms with Gasteiger partial charge in [-0.2, -0.15) is 13.2 Å². The van der Waals surface area contributed by atoms with Crippen molar-refractivity contribution in [2.24, 2.45) is 11.3 Å². The largest absolute Gasteiger partial charge is 0.417 e. The maximum Gasteiger partial charge on any atom is 0.417 e. The Balaban J connectivity index is 2.41. The Bertz CT molecular complexity index is 750. The lowest BCUT2D eigenvalue weighted by atomic mass is 10.1. The number of nitrogens with one attached hydrogen (secondary N) is 1. The summed E-state index contributed by atoms with van der Waals surface area (Å²) in [6.45, 7) is 4.97. The van der Waals surface area contributed by atoms with Crippen LogP contribution in [0.5, 0.6) is 0 Å². The van der Waals surface area contributed by atoms with Crippen LogP contribution in [0.4, 0.5) is 18.9 Å². The van der Waals surface area contributed by atoms with Gasteiger partial charge in [-0.05, 0) is 37.0 Å². The van der Waals surface area contributed by atoms with Crippen LogP contribution in [0.25, 0.3) is 0 Å². The minimum atomic E-state index is -4.83. The fourth-order valence-electron chi connectivity index (χ4n) is 2.33.